The van der Waals surface area contributed by atoms with Crippen LogP contribution in [0.15, 0.2) is 24.3 Å². The van der Waals surface area contributed by atoms with Crippen LogP contribution in [0.3, 0.4) is 0 Å². The first kappa shape index (κ1) is 22.5. The number of ether oxygens (including phenoxy) is 1. The molecule has 2 rings (SSSR count). The van der Waals surface area contributed by atoms with Crippen molar-refractivity contribution >= 4 is 29.3 Å². The smallest absolute Gasteiger partial charge is 0.321 e. The Kier molecular flexibility index (Phi) is 8.72. The van der Waals surface area contributed by atoms with Gasteiger partial charge >= 0.3 is 12.1 Å². The zero-order valence-corrected chi connectivity index (χ0v) is 17.3. The van der Waals surface area contributed by atoms with E-state index in [2.05, 4.69) is 21.3 Å². The van der Waals surface area contributed by atoms with Gasteiger partial charge in [-0.1, -0.05) is 0 Å². The summed E-state index contributed by atoms with van der Waals surface area (Å²) in [6, 6.07) is 6.42. The highest BCUT2D eigenvalue weighted by atomic mass is 16.5. The van der Waals surface area contributed by atoms with Gasteiger partial charge in [-0.3, -0.25) is 4.79 Å². The molecule has 0 spiro atoms. The molecule has 1 heterocycles. The Morgan fingerprint density at radius 1 is 1.14 bits per heavy atom. The fourth-order valence-electron chi connectivity index (χ4n) is 3.07. The van der Waals surface area contributed by atoms with Crippen LogP contribution in [0.25, 0.3) is 0 Å². The summed E-state index contributed by atoms with van der Waals surface area (Å²) < 4.78 is 4.94. The van der Waals surface area contributed by atoms with Gasteiger partial charge in [0, 0.05) is 44.2 Å². The first-order valence-electron chi connectivity index (χ1n) is 9.89. The van der Waals surface area contributed by atoms with E-state index in [9.17, 15) is 14.4 Å². The van der Waals surface area contributed by atoms with Crippen LogP contribution in [0.4, 0.5) is 21.0 Å². The number of anilines is 2. The summed E-state index contributed by atoms with van der Waals surface area (Å²) in [5.74, 6) is -0.257. The number of nitrogens with zero attached hydrogens (tertiary/aromatic N) is 1. The average Bonchev–Trinajstić information content (AvgIpc) is 2.69. The highest BCUT2D eigenvalue weighted by Gasteiger charge is 2.28. The van der Waals surface area contributed by atoms with E-state index < -0.39 is 0 Å². The Morgan fingerprint density at radius 3 is 2.41 bits per heavy atom. The molecule has 1 aromatic carbocycles. The van der Waals surface area contributed by atoms with Crippen molar-refractivity contribution in [3.05, 3.63) is 24.3 Å². The van der Waals surface area contributed by atoms with Gasteiger partial charge in [0.15, 0.2) is 0 Å². The highest BCUT2D eigenvalue weighted by Crippen LogP contribution is 2.19. The van der Waals surface area contributed by atoms with E-state index in [-0.39, 0.29) is 29.9 Å². The zero-order chi connectivity index (χ0) is 21.2. The Labute approximate surface area is 171 Å². The summed E-state index contributed by atoms with van der Waals surface area (Å²) in [4.78, 5) is 38.2. The van der Waals surface area contributed by atoms with Crippen molar-refractivity contribution < 1.29 is 19.1 Å². The lowest BCUT2D eigenvalue weighted by molar-refractivity contribution is -0.126. The second-order valence-corrected chi connectivity index (χ2v) is 7.33. The Morgan fingerprint density at radius 2 is 1.79 bits per heavy atom. The number of amides is 5. The average molecular weight is 405 g/mol. The largest absolute Gasteiger partial charge is 0.383 e. The van der Waals surface area contributed by atoms with Gasteiger partial charge < -0.3 is 30.9 Å². The fraction of sp³-hybridized carbons (Fsp3) is 0.550. The van der Waals surface area contributed by atoms with Gasteiger partial charge in [0.05, 0.1) is 12.5 Å². The van der Waals surface area contributed by atoms with Crippen molar-refractivity contribution in [2.45, 2.75) is 32.7 Å². The second-order valence-electron chi connectivity index (χ2n) is 7.33. The highest BCUT2D eigenvalue weighted by molar-refractivity contribution is 5.92. The van der Waals surface area contributed by atoms with Gasteiger partial charge in [0.1, 0.15) is 0 Å². The molecule has 29 heavy (non-hydrogen) atoms. The molecular weight excluding hydrogens is 374 g/mol. The third-order valence-electron chi connectivity index (χ3n) is 4.50. The van der Waals surface area contributed by atoms with Crippen LogP contribution >= 0.6 is 0 Å². The van der Waals surface area contributed by atoms with E-state index >= 15 is 0 Å². The van der Waals surface area contributed by atoms with Crippen molar-refractivity contribution in [1.82, 2.24) is 15.5 Å². The predicted molar refractivity (Wildman–Crippen MR) is 112 cm³/mol. The van der Waals surface area contributed by atoms with E-state index in [1.807, 2.05) is 13.8 Å². The maximum Gasteiger partial charge on any atom is 0.321 e. The summed E-state index contributed by atoms with van der Waals surface area (Å²) in [5.41, 5.74) is 1.25. The summed E-state index contributed by atoms with van der Waals surface area (Å²) in [7, 11) is 1.59. The van der Waals surface area contributed by atoms with Gasteiger partial charge in [-0.25, -0.2) is 9.59 Å². The lowest BCUT2D eigenvalue weighted by atomic mass is 9.97. The molecule has 1 aromatic rings. The lowest BCUT2D eigenvalue weighted by Crippen LogP contribution is -2.47. The third-order valence-corrected chi connectivity index (χ3v) is 4.50. The van der Waals surface area contributed by atoms with Gasteiger partial charge in [-0.2, -0.15) is 0 Å². The van der Waals surface area contributed by atoms with Crippen molar-refractivity contribution in [3.8, 4) is 0 Å². The molecule has 0 saturated carbocycles. The molecule has 1 aliphatic heterocycles. The molecule has 5 amide bonds. The van der Waals surface area contributed by atoms with E-state index in [4.69, 9.17) is 4.74 Å². The van der Waals surface area contributed by atoms with Crippen LogP contribution in [0.5, 0.6) is 0 Å². The van der Waals surface area contributed by atoms with Crippen LogP contribution in [-0.2, 0) is 9.53 Å². The SMILES string of the molecule is COCCNC(=O)[C@@H]1CCCN(C(=O)Nc2ccc(NC(=O)NC(C)C)cc2)C1. The Bertz CT molecular complexity index is 693. The molecule has 0 bridgehead atoms. The second kappa shape index (κ2) is 11.3. The minimum absolute atomic E-state index is 0.0454. The predicted octanol–water partition coefficient (Wildman–Crippen LogP) is 2.22. The molecular formula is C20H31N5O4. The van der Waals surface area contributed by atoms with E-state index in [0.29, 0.717) is 37.6 Å². The number of likely N-dealkylation sites (tertiary alicyclic amines) is 1. The van der Waals surface area contributed by atoms with Crippen LogP contribution in [-0.4, -0.2) is 62.3 Å². The number of urea groups is 2. The van der Waals surface area contributed by atoms with Gasteiger partial charge in [0.25, 0.3) is 0 Å². The van der Waals surface area contributed by atoms with E-state index in [0.717, 1.165) is 12.8 Å². The number of carbonyl (C=O) groups excluding carboxylic acids is 3. The summed E-state index contributed by atoms with van der Waals surface area (Å²) in [6.45, 7) is 5.70. The minimum atomic E-state index is -0.278. The molecule has 160 valence electrons. The van der Waals surface area contributed by atoms with Crippen molar-refractivity contribution in [2.24, 2.45) is 5.92 Å². The van der Waals surface area contributed by atoms with Crippen molar-refractivity contribution in [3.63, 3.8) is 0 Å². The molecule has 0 radical (unpaired) electrons. The molecule has 9 nitrogen and oxygen atoms in total. The minimum Gasteiger partial charge on any atom is -0.383 e. The van der Waals surface area contributed by atoms with Crippen LogP contribution in [0.1, 0.15) is 26.7 Å². The number of methoxy groups -OCH3 is 1. The number of piperidine rings is 1. The number of nitrogens with one attached hydrogen (secondary N) is 4. The molecule has 9 heteroatoms. The van der Waals surface area contributed by atoms with E-state index in [1.54, 1.807) is 36.3 Å². The fourth-order valence-corrected chi connectivity index (χ4v) is 3.07. The first-order valence-corrected chi connectivity index (χ1v) is 9.89. The van der Waals surface area contributed by atoms with Crippen molar-refractivity contribution in [2.75, 3.05) is 44.0 Å². The number of rotatable bonds is 7. The summed E-state index contributed by atoms with van der Waals surface area (Å²) in [5, 5.41) is 11.2. The normalized spacial score (nSPS) is 16.3. The quantitative estimate of drug-likeness (QED) is 0.521. The maximum absolute atomic E-state index is 12.6. The van der Waals surface area contributed by atoms with Gasteiger partial charge in [-0.05, 0) is 51.0 Å². The third kappa shape index (κ3) is 7.61. The topological polar surface area (TPSA) is 112 Å². The summed E-state index contributed by atoms with van der Waals surface area (Å²) in [6.07, 6.45) is 1.55. The summed E-state index contributed by atoms with van der Waals surface area (Å²) >= 11 is 0. The van der Waals surface area contributed by atoms with Crippen molar-refractivity contribution in [1.29, 1.82) is 0 Å². The number of benzene rings is 1. The maximum atomic E-state index is 12.6. The number of hydrogen-bond donors (Lipinski definition) is 4. The zero-order valence-electron chi connectivity index (χ0n) is 17.3. The van der Waals surface area contributed by atoms with Crippen LogP contribution in [0, 0.1) is 5.92 Å². The molecule has 1 aliphatic rings. The van der Waals surface area contributed by atoms with E-state index in [1.165, 1.54) is 0 Å². The monoisotopic (exact) mass is 405 g/mol. The lowest BCUT2D eigenvalue weighted by Gasteiger charge is -2.32. The molecule has 1 saturated heterocycles. The molecule has 1 fully saturated rings. The van der Waals surface area contributed by atoms with Gasteiger partial charge in [0.2, 0.25) is 5.91 Å². The number of carbonyl (C=O) groups is 3. The van der Waals surface area contributed by atoms with Gasteiger partial charge in [-0.15, -0.1) is 0 Å². The number of hydrogen-bond acceptors (Lipinski definition) is 4. The Hall–Kier alpha value is -2.81. The molecule has 1 atom stereocenters. The van der Waals surface area contributed by atoms with Crippen LogP contribution < -0.4 is 21.3 Å². The first-order chi connectivity index (χ1) is 13.9. The molecule has 0 aliphatic carbocycles. The Balaban J connectivity index is 1.84. The van der Waals surface area contributed by atoms with Crippen LogP contribution in [0.2, 0.25) is 0 Å². The molecule has 0 aromatic heterocycles. The molecule has 0 unspecified atom stereocenters. The molecule has 4 N–H and O–H groups in total. The standard InChI is InChI=1S/C20H31N5O4/c1-14(2)22-19(27)23-16-6-8-17(9-7-16)24-20(28)25-11-4-5-15(13-25)18(26)21-10-12-29-3/h6-9,14-15H,4-5,10-13H2,1-3H3,(H,21,26)(H,24,28)(H2,22,23,27)/t15-/m1/s1.